The number of carboxylic acids is 1. The number of hydrogen-bond acceptors (Lipinski definition) is 3. The monoisotopic (exact) mass is 290 g/mol. The van der Waals surface area contributed by atoms with E-state index in [1.165, 1.54) is 0 Å². The Morgan fingerprint density at radius 1 is 1.37 bits per heavy atom. The van der Waals surface area contributed by atoms with E-state index in [0.717, 1.165) is 6.26 Å². The number of benzene rings is 1. The average molecular weight is 291 g/mol. The zero-order valence-corrected chi connectivity index (χ0v) is 10.5. The molecule has 0 spiro atoms. The lowest BCUT2D eigenvalue weighted by Crippen LogP contribution is -2.14. The van der Waals surface area contributed by atoms with Crippen LogP contribution in [0.4, 0.5) is 8.78 Å². The van der Waals surface area contributed by atoms with Crippen LogP contribution in [-0.4, -0.2) is 23.5 Å². The van der Waals surface area contributed by atoms with Gasteiger partial charge in [0.15, 0.2) is 11.6 Å². The summed E-state index contributed by atoms with van der Waals surface area (Å²) >= 11 is 5.59. The second-order valence-electron chi connectivity index (χ2n) is 3.37. The van der Waals surface area contributed by atoms with Gasteiger partial charge in [0.2, 0.25) is 5.78 Å². The largest absolute Gasteiger partial charge is 0.500 e. The first-order valence-corrected chi connectivity index (χ1v) is 5.50. The molecule has 4 nitrogen and oxygen atoms in total. The van der Waals surface area contributed by atoms with Crippen molar-refractivity contribution in [3.8, 4) is 0 Å². The van der Waals surface area contributed by atoms with Crippen LogP contribution in [0.15, 0.2) is 24.0 Å². The van der Waals surface area contributed by atoms with Gasteiger partial charge in [-0.25, -0.2) is 13.6 Å². The third-order valence-electron chi connectivity index (χ3n) is 2.10. The first-order chi connectivity index (χ1) is 8.88. The maximum absolute atomic E-state index is 13.1. The molecule has 0 heterocycles. The molecule has 0 bridgehead atoms. The second-order valence-corrected chi connectivity index (χ2v) is 3.77. The van der Waals surface area contributed by atoms with Gasteiger partial charge in [-0.2, -0.15) is 0 Å². The third kappa shape index (κ3) is 3.51. The third-order valence-corrected chi connectivity index (χ3v) is 2.41. The summed E-state index contributed by atoms with van der Waals surface area (Å²) in [5, 5.41) is 8.48. The van der Waals surface area contributed by atoms with Crippen molar-refractivity contribution in [2.45, 2.75) is 6.92 Å². The van der Waals surface area contributed by atoms with E-state index in [4.69, 9.17) is 21.4 Å². The fraction of sp³-hybridized carbons (Fsp3) is 0.167. The van der Waals surface area contributed by atoms with Crippen molar-refractivity contribution in [1.82, 2.24) is 0 Å². The van der Waals surface area contributed by atoms with Gasteiger partial charge >= 0.3 is 5.97 Å². The molecule has 0 unspecified atom stereocenters. The highest BCUT2D eigenvalue weighted by molar-refractivity contribution is 6.36. The molecule has 1 rings (SSSR count). The minimum atomic E-state index is -1.56. The molecule has 7 heteroatoms. The summed E-state index contributed by atoms with van der Waals surface area (Å²) in [6, 6.07) is 1.15. The van der Waals surface area contributed by atoms with Gasteiger partial charge in [0, 0.05) is 5.56 Å². The molecule has 102 valence electrons. The first kappa shape index (κ1) is 15.1. The summed E-state index contributed by atoms with van der Waals surface area (Å²) in [6.45, 7) is 1.74. The SMILES string of the molecule is CCOC=C(C(=O)O)C(=O)c1cc(F)c(F)cc1Cl. The molecular formula is C12H9ClF2O4. The van der Waals surface area contributed by atoms with Gasteiger partial charge in [-0.05, 0) is 19.1 Å². The van der Waals surface area contributed by atoms with Crippen LogP contribution in [0.5, 0.6) is 0 Å². The van der Waals surface area contributed by atoms with Crippen molar-refractivity contribution >= 4 is 23.4 Å². The van der Waals surface area contributed by atoms with E-state index in [0.29, 0.717) is 12.1 Å². The van der Waals surface area contributed by atoms with Gasteiger partial charge in [0.05, 0.1) is 11.6 Å². The molecule has 0 saturated heterocycles. The highest BCUT2D eigenvalue weighted by Crippen LogP contribution is 2.23. The van der Waals surface area contributed by atoms with Crippen molar-refractivity contribution in [2.75, 3.05) is 6.61 Å². The number of aliphatic carboxylic acids is 1. The van der Waals surface area contributed by atoms with Crippen LogP contribution in [0.3, 0.4) is 0 Å². The highest BCUT2D eigenvalue weighted by Gasteiger charge is 2.23. The number of hydrogen-bond donors (Lipinski definition) is 1. The zero-order chi connectivity index (χ0) is 14.6. The molecule has 0 saturated carbocycles. The Hall–Kier alpha value is -1.95. The molecule has 0 aliphatic carbocycles. The van der Waals surface area contributed by atoms with Crippen LogP contribution in [0.25, 0.3) is 0 Å². The van der Waals surface area contributed by atoms with Gasteiger partial charge in [0.1, 0.15) is 11.8 Å². The number of halogens is 3. The quantitative estimate of drug-likeness (QED) is 0.226. The number of Topliss-reactive ketones (excluding diaryl/α,β-unsaturated/α-hetero) is 1. The summed E-state index contributed by atoms with van der Waals surface area (Å²) in [5.74, 6) is -5.15. The average Bonchev–Trinajstić information content (AvgIpc) is 2.33. The van der Waals surface area contributed by atoms with Crippen molar-refractivity contribution in [3.05, 3.63) is 46.2 Å². The number of ketones is 1. The summed E-state index contributed by atoms with van der Waals surface area (Å²) in [6.07, 6.45) is 0.738. The predicted octanol–water partition coefficient (Wildman–Crippen LogP) is 2.81. The summed E-state index contributed by atoms with van der Waals surface area (Å²) in [7, 11) is 0. The van der Waals surface area contributed by atoms with Gasteiger partial charge in [-0.15, -0.1) is 0 Å². The van der Waals surface area contributed by atoms with E-state index in [9.17, 15) is 18.4 Å². The normalized spacial score (nSPS) is 11.3. The van der Waals surface area contributed by atoms with Crippen LogP contribution in [0.2, 0.25) is 5.02 Å². The van der Waals surface area contributed by atoms with E-state index in [1.54, 1.807) is 6.92 Å². The minimum absolute atomic E-state index is 0.148. The molecule has 1 N–H and O–H groups in total. The lowest BCUT2D eigenvalue weighted by molar-refractivity contribution is -0.132. The molecule has 0 radical (unpaired) electrons. The summed E-state index contributed by atoms with van der Waals surface area (Å²) in [5.41, 5.74) is -1.18. The van der Waals surface area contributed by atoms with E-state index in [2.05, 4.69) is 0 Å². The Morgan fingerprint density at radius 2 is 1.95 bits per heavy atom. The molecular weight excluding hydrogens is 282 g/mol. The number of carboxylic acid groups (broad SMARTS) is 1. The fourth-order valence-corrected chi connectivity index (χ4v) is 1.45. The second kappa shape index (κ2) is 6.29. The Bertz CT molecular complexity index is 555. The summed E-state index contributed by atoms with van der Waals surface area (Å²) in [4.78, 5) is 22.8. The van der Waals surface area contributed by atoms with Gasteiger partial charge in [-0.1, -0.05) is 11.6 Å². The molecule has 19 heavy (non-hydrogen) atoms. The van der Waals surface area contributed by atoms with Crippen molar-refractivity contribution in [3.63, 3.8) is 0 Å². The maximum atomic E-state index is 13.1. The van der Waals surface area contributed by atoms with E-state index in [1.807, 2.05) is 0 Å². The summed E-state index contributed by atoms with van der Waals surface area (Å²) < 4.78 is 30.6. The molecule has 0 aliphatic heterocycles. The Morgan fingerprint density at radius 3 is 2.47 bits per heavy atom. The van der Waals surface area contributed by atoms with Crippen molar-refractivity contribution in [1.29, 1.82) is 0 Å². The smallest absolute Gasteiger partial charge is 0.342 e. The molecule has 0 atom stereocenters. The molecule has 0 amide bonds. The zero-order valence-electron chi connectivity index (χ0n) is 9.75. The van der Waals surface area contributed by atoms with E-state index in [-0.39, 0.29) is 11.6 Å². The minimum Gasteiger partial charge on any atom is -0.500 e. The number of ether oxygens (including phenoxy) is 1. The van der Waals surface area contributed by atoms with Crippen molar-refractivity contribution in [2.24, 2.45) is 0 Å². The molecule has 1 aromatic rings. The molecule has 1 aromatic carbocycles. The Balaban J connectivity index is 3.24. The van der Waals surface area contributed by atoms with Crippen LogP contribution in [-0.2, 0) is 9.53 Å². The maximum Gasteiger partial charge on any atom is 0.342 e. The molecule has 0 fully saturated rings. The Labute approximate surface area is 112 Å². The molecule has 0 aromatic heterocycles. The first-order valence-electron chi connectivity index (χ1n) is 5.12. The lowest BCUT2D eigenvalue weighted by Gasteiger charge is -2.05. The van der Waals surface area contributed by atoms with Crippen LogP contribution < -0.4 is 0 Å². The van der Waals surface area contributed by atoms with Gasteiger partial charge in [-0.3, -0.25) is 4.79 Å². The van der Waals surface area contributed by atoms with Crippen molar-refractivity contribution < 1.29 is 28.2 Å². The van der Waals surface area contributed by atoms with Crippen LogP contribution in [0.1, 0.15) is 17.3 Å². The topological polar surface area (TPSA) is 63.6 Å². The molecule has 0 aliphatic rings. The number of rotatable bonds is 5. The van der Waals surface area contributed by atoms with E-state index < -0.39 is 34.5 Å². The van der Waals surface area contributed by atoms with Gasteiger partial charge in [0.25, 0.3) is 0 Å². The standard InChI is InChI=1S/C12H9ClF2O4/c1-2-19-5-7(12(17)18)11(16)6-3-9(14)10(15)4-8(6)13/h3-5H,2H2,1H3,(H,17,18). The van der Waals surface area contributed by atoms with Crippen LogP contribution in [0, 0.1) is 11.6 Å². The number of carbonyl (C=O) groups excluding carboxylic acids is 1. The van der Waals surface area contributed by atoms with E-state index >= 15 is 0 Å². The lowest BCUT2D eigenvalue weighted by atomic mass is 10.0. The van der Waals surface area contributed by atoms with Crippen LogP contribution >= 0.6 is 11.6 Å². The predicted molar refractivity (Wildman–Crippen MR) is 63.0 cm³/mol. The highest BCUT2D eigenvalue weighted by atomic mass is 35.5. The fourth-order valence-electron chi connectivity index (χ4n) is 1.21. The number of carbonyl (C=O) groups is 2. The van der Waals surface area contributed by atoms with Gasteiger partial charge < -0.3 is 9.84 Å². The Kier molecular flexibility index (Phi) is 5.00.